The van der Waals surface area contributed by atoms with Crippen LogP contribution in [-0.2, 0) is 30.4 Å². The normalized spacial score (nSPS) is 14.1. The van der Waals surface area contributed by atoms with Gasteiger partial charge in [0.05, 0.1) is 5.71 Å². The Morgan fingerprint density at radius 3 is 2.18 bits per heavy atom. The van der Waals surface area contributed by atoms with Crippen LogP contribution in [-0.4, -0.2) is 106 Å². The first-order valence-electron chi connectivity index (χ1n) is 9.67. The van der Waals surface area contributed by atoms with Crippen molar-refractivity contribution in [3.05, 3.63) is 21.9 Å². The molecule has 0 aromatic carbocycles. The number of rotatable bonds is 8. The van der Waals surface area contributed by atoms with Crippen LogP contribution in [0.2, 0.25) is 0 Å². The van der Waals surface area contributed by atoms with Gasteiger partial charge in [0.1, 0.15) is 12.7 Å². The molecule has 6 N–H and O–H groups in total. The summed E-state index contributed by atoms with van der Waals surface area (Å²) in [5.41, 5.74) is 2.25. The number of nitrogens with one attached hydrogen (secondary N) is 1. The lowest BCUT2D eigenvalue weighted by Gasteiger charge is -2.15. The Balaban J connectivity index is 0.000000705. The SMILES string of the molecule is CN(C)CCNCC(O)CO/N=C1/CCCc2sccc21.O=C(O)C(=O)O.O=C(O)C(=O)O. The van der Waals surface area contributed by atoms with Gasteiger partial charge in [-0.15, -0.1) is 11.3 Å². The fraction of sp³-hybridized carbons (Fsp3) is 0.526. The van der Waals surface area contributed by atoms with Gasteiger partial charge >= 0.3 is 23.9 Å². The number of nitrogens with zero attached hydrogens (tertiary/aromatic N) is 2. The molecule has 0 spiro atoms. The van der Waals surface area contributed by atoms with E-state index in [0.29, 0.717) is 6.54 Å². The van der Waals surface area contributed by atoms with E-state index in [9.17, 15) is 5.11 Å². The van der Waals surface area contributed by atoms with Crippen molar-refractivity contribution in [2.45, 2.75) is 25.4 Å². The van der Waals surface area contributed by atoms with E-state index in [0.717, 1.165) is 38.1 Å². The van der Waals surface area contributed by atoms with E-state index in [1.165, 1.54) is 10.4 Å². The van der Waals surface area contributed by atoms with Gasteiger partial charge in [-0.2, -0.15) is 0 Å². The van der Waals surface area contributed by atoms with Gasteiger partial charge in [-0.05, 0) is 44.8 Å². The number of fused-ring (bicyclic) bond motifs is 1. The molecule has 1 aromatic heterocycles. The fourth-order valence-corrected chi connectivity index (χ4v) is 3.21. The van der Waals surface area contributed by atoms with Crippen LogP contribution in [0.3, 0.4) is 0 Å². The molecule has 1 atom stereocenters. The van der Waals surface area contributed by atoms with Crippen LogP contribution in [0.5, 0.6) is 0 Å². The van der Waals surface area contributed by atoms with Gasteiger partial charge < -0.3 is 40.6 Å². The lowest BCUT2D eigenvalue weighted by molar-refractivity contribution is -0.159. The molecule has 13 nitrogen and oxygen atoms in total. The summed E-state index contributed by atoms with van der Waals surface area (Å²) in [5, 5.41) is 48.9. The molecule has 1 aliphatic rings. The molecule has 0 amide bonds. The number of thiophene rings is 1. The molecule has 0 fully saturated rings. The van der Waals surface area contributed by atoms with Crippen LogP contribution < -0.4 is 5.32 Å². The predicted molar refractivity (Wildman–Crippen MR) is 118 cm³/mol. The monoisotopic (exact) mass is 491 g/mol. The van der Waals surface area contributed by atoms with Crippen molar-refractivity contribution < 1.29 is 49.5 Å². The number of carbonyl (C=O) groups is 4. The molecular weight excluding hydrogens is 462 g/mol. The van der Waals surface area contributed by atoms with E-state index in [1.54, 1.807) is 11.3 Å². The number of oxime groups is 1. The van der Waals surface area contributed by atoms with Crippen molar-refractivity contribution in [1.82, 2.24) is 10.2 Å². The van der Waals surface area contributed by atoms with Crippen molar-refractivity contribution in [3.8, 4) is 0 Å². The average Bonchev–Trinajstić information content (AvgIpc) is 3.21. The maximum absolute atomic E-state index is 9.83. The van der Waals surface area contributed by atoms with Gasteiger partial charge in [-0.3, -0.25) is 0 Å². The maximum Gasteiger partial charge on any atom is 0.414 e. The molecule has 1 heterocycles. The zero-order valence-electron chi connectivity index (χ0n) is 18.3. The number of hydrogen-bond acceptors (Lipinski definition) is 10. The number of aliphatic hydroxyl groups excluding tert-OH is 1. The smallest absolute Gasteiger partial charge is 0.414 e. The van der Waals surface area contributed by atoms with E-state index < -0.39 is 30.0 Å². The summed E-state index contributed by atoms with van der Waals surface area (Å²) >= 11 is 1.78. The average molecular weight is 492 g/mol. The van der Waals surface area contributed by atoms with Gasteiger partial charge in [-0.1, -0.05) is 5.16 Å². The second-order valence-electron chi connectivity index (χ2n) is 6.83. The lowest BCUT2D eigenvalue weighted by Crippen LogP contribution is -2.34. The Morgan fingerprint density at radius 2 is 1.67 bits per heavy atom. The summed E-state index contributed by atoms with van der Waals surface area (Å²) < 4.78 is 0. The highest BCUT2D eigenvalue weighted by Gasteiger charge is 2.17. The molecule has 0 saturated carbocycles. The molecule has 186 valence electrons. The summed E-state index contributed by atoms with van der Waals surface area (Å²) in [7, 11) is 4.06. The largest absolute Gasteiger partial charge is 0.473 e. The van der Waals surface area contributed by atoms with E-state index in [4.69, 9.17) is 44.4 Å². The highest BCUT2D eigenvalue weighted by atomic mass is 32.1. The minimum absolute atomic E-state index is 0.234. The molecular formula is C19H29N3O10S. The molecule has 0 bridgehead atoms. The van der Waals surface area contributed by atoms with Crippen LogP contribution >= 0.6 is 11.3 Å². The van der Waals surface area contributed by atoms with E-state index in [2.05, 4.69) is 26.8 Å². The van der Waals surface area contributed by atoms with Crippen molar-refractivity contribution in [2.75, 3.05) is 40.3 Å². The number of carboxylic acids is 4. The molecule has 0 radical (unpaired) electrons. The van der Waals surface area contributed by atoms with E-state index in [-0.39, 0.29) is 6.61 Å². The molecule has 1 unspecified atom stereocenters. The third kappa shape index (κ3) is 14.6. The van der Waals surface area contributed by atoms with E-state index >= 15 is 0 Å². The summed E-state index contributed by atoms with van der Waals surface area (Å²) in [6.07, 6.45) is 2.71. The second-order valence-corrected chi connectivity index (χ2v) is 7.83. The lowest BCUT2D eigenvalue weighted by atomic mass is 9.97. The number of likely N-dealkylation sites (N-methyl/N-ethyl adjacent to an activating group) is 1. The Kier molecular flexibility index (Phi) is 15.0. The predicted octanol–water partition coefficient (Wildman–Crippen LogP) is -0.372. The van der Waals surface area contributed by atoms with Crippen molar-refractivity contribution in [1.29, 1.82) is 0 Å². The van der Waals surface area contributed by atoms with Gasteiger partial charge in [-0.25, -0.2) is 19.2 Å². The van der Waals surface area contributed by atoms with Gasteiger partial charge in [0.15, 0.2) is 0 Å². The van der Waals surface area contributed by atoms with Crippen molar-refractivity contribution in [3.63, 3.8) is 0 Å². The zero-order chi connectivity index (χ0) is 25.4. The number of hydrogen-bond donors (Lipinski definition) is 6. The first-order chi connectivity index (χ1) is 15.5. The molecule has 1 aliphatic carbocycles. The standard InChI is InChI=1S/C15H25N3O2S.2C2H2O4/c1-18(2)8-7-16-10-12(19)11-20-17-14-4-3-5-15-13(14)6-9-21-15;2*3-1(4)2(5)6/h6,9,12,16,19H,3-5,7-8,10-11H2,1-2H3;2*(H,3,4)(H,5,6)/b17-14-;;. The molecule has 0 aliphatic heterocycles. The Bertz CT molecular complexity index is 761. The molecule has 33 heavy (non-hydrogen) atoms. The topological polar surface area (TPSA) is 206 Å². The molecule has 0 saturated heterocycles. The minimum Gasteiger partial charge on any atom is -0.473 e. The van der Waals surface area contributed by atoms with Crippen LogP contribution in [0.15, 0.2) is 16.6 Å². The fourth-order valence-electron chi connectivity index (χ4n) is 2.27. The van der Waals surface area contributed by atoms with E-state index in [1.807, 2.05) is 14.1 Å². The van der Waals surface area contributed by atoms with Crippen LogP contribution in [0.4, 0.5) is 0 Å². The Hall–Kier alpha value is -3.07. The minimum atomic E-state index is -1.82. The summed E-state index contributed by atoms with van der Waals surface area (Å²) in [6.45, 7) is 2.58. The maximum atomic E-state index is 9.83. The highest BCUT2D eigenvalue weighted by molar-refractivity contribution is 7.10. The summed E-state index contributed by atoms with van der Waals surface area (Å²) in [4.78, 5) is 45.2. The number of aryl methyl sites for hydroxylation is 1. The highest BCUT2D eigenvalue weighted by Crippen LogP contribution is 2.26. The Morgan fingerprint density at radius 1 is 1.09 bits per heavy atom. The Labute approximate surface area is 193 Å². The first-order valence-corrected chi connectivity index (χ1v) is 10.5. The molecule has 1 aromatic rings. The van der Waals surface area contributed by atoms with Gasteiger partial charge in [0.2, 0.25) is 0 Å². The van der Waals surface area contributed by atoms with Crippen LogP contribution in [0.25, 0.3) is 0 Å². The van der Waals surface area contributed by atoms with Crippen LogP contribution in [0.1, 0.15) is 23.3 Å². The second kappa shape index (κ2) is 16.5. The number of aliphatic hydroxyl groups is 1. The summed E-state index contributed by atoms with van der Waals surface area (Å²) in [6, 6.07) is 2.11. The first kappa shape index (κ1) is 29.9. The molecule has 2 rings (SSSR count). The zero-order valence-corrected chi connectivity index (χ0v) is 19.1. The van der Waals surface area contributed by atoms with Crippen LogP contribution in [0, 0.1) is 0 Å². The number of aliphatic carboxylic acids is 4. The summed E-state index contributed by atoms with van der Waals surface area (Å²) in [5.74, 6) is -7.30. The third-order valence-electron chi connectivity index (χ3n) is 3.80. The van der Waals surface area contributed by atoms with Crippen molar-refractivity contribution in [2.24, 2.45) is 5.16 Å². The quantitative estimate of drug-likeness (QED) is 0.156. The van der Waals surface area contributed by atoms with Crippen molar-refractivity contribution >= 4 is 40.9 Å². The van der Waals surface area contributed by atoms with Gasteiger partial charge in [0, 0.05) is 30.1 Å². The molecule has 14 heteroatoms. The number of carboxylic acid groups (broad SMARTS) is 4. The third-order valence-corrected chi connectivity index (χ3v) is 4.78. The van der Waals surface area contributed by atoms with Gasteiger partial charge in [0.25, 0.3) is 0 Å².